The first-order chi connectivity index (χ1) is 15.1. The molecule has 4 rings (SSSR count). The van der Waals surface area contributed by atoms with Gasteiger partial charge in [-0.1, -0.05) is 30.3 Å². The lowest BCUT2D eigenvalue weighted by Crippen LogP contribution is -2.61. The van der Waals surface area contributed by atoms with Gasteiger partial charge in [-0.25, -0.2) is 4.98 Å². The highest BCUT2D eigenvalue weighted by Crippen LogP contribution is 2.27. The molecule has 1 fully saturated rings. The van der Waals surface area contributed by atoms with Crippen molar-refractivity contribution >= 4 is 11.8 Å². The highest BCUT2D eigenvalue weighted by Gasteiger charge is 2.45. The minimum atomic E-state index is -1.20. The molecule has 3 aromatic rings. The third kappa shape index (κ3) is 4.44. The van der Waals surface area contributed by atoms with Gasteiger partial charge in [0.1, 0.15) is 5.69 Å². The molecule has 1 aliphatic rings. The Kier molecular flexibility index (Phi) is 5.99. The van der Waals surface area contributed by atoms with Gasteiger partial charge >= 0.3 is 0 Å². The van der Waals surface area contributed by atoms with Crippen molar-refractivity contribution in [3.8, 4) is 11.1 Å². The number of morpholine rings is 1. The average molecular weight is 417 g/mol. The molecule has 1 aromatic carbocycles. The van der Waals surface area contributed by atoms with Crippen molar-refractivity contribution in [1.82, 2.24) is 25.2 Å². The summed E-state index contributed by atoms with van der Waals surface area (Å²) in [4.78, 5) is 39.7. The van der Waals surface area contributed by atoms with Crippen LogP contribution >= 0.6 is 0 Å². The molecule has 158 valence electrons. The van der Waals surface area contributed by atoms with Gasteiger partial charge in [0, 0.05) is 44.8 Å². The van der Waals surface area contributed by atoms with Crippen LogP contribution in [0.1, 0.15) is 16.1 Å². The number of carbonyl (C=O) groups is 2. The fourth-order valence-electron chi connectivity index (χ4n) is 3.81. The lowest BCUT2D eigenvalue weighted by Gasteiger charge is -2.41. The number of pyridine rings is 1. The van der Waals surface area contributed by atoms with Crippen LogP contribution < -0.4 is 5.32 Å². The van der Waals surface area contributed by atoms with E-state index in [-0.39, 0.29) is 30.7 Å². The topological polar surface area (TPSA) is 97.3 Å². The molecule has 2 amide bonds. The summed E-state index contributed by atoms with van der Waals surface area (Å²) in [5.41, 5.74) is 1.97. The van der Waals surface area contributed by atoms with E-state index in [1.165, 1.54) is 18.6 Å². The number of ether oxygens (including phenoxy) is 1. The monoisotopic (exact) mass is 417 g/mol. The molecule has 0 spiro atoms. The molecule has 0 saturated carbocycles. The van der Waals surface area contributed by atoms with Crippen molar-refractivity contribution < 1.29 is 14.3 Å². The first-order valence-corrected chi connectivity index (χ1v) is 10.0. The van der Waals surface area contributed by atoms with E-state index < -0.39 is 5.60 Å². The Balaban J connectivity index is 1.61. The van der Waals surface area contributed by atoms with Gasteiger partial charge in [0.05, 0.1) is 19.3 Å². The molecule has 8 heteroatoms. The highest BCUT2D eigenvalue weighted by molar-refractivity contribution is 5.93. The summed E-state index contributed by atoms with van der Waals surface area (Å²) in [5.74, 6) is -0.537. The molecule has 1 aliphatic heterocycles. The van der Waals surface area contributed by atoms with Crippen molar-refractivity contribution in [2.24, 2.45) is 0 Å². The molecule has 0 bridgehead atoms. The number of carbonyl (C=O) groups excluding carboxylic acids is 2. The zero-order chi connectivity index (χ0) is 21.7. The van der Waals surface area contributed by atoms with E-state index in [4.69, 9.17) is 4.74 Å². The molecule has 3 heterocycles. The summed E-state index contributed by atoms with van der Waals surface area (Å²) in [7, 11) is 1.57. The lowest BCUT2D eigenvalue weighted by molar-refractivity contribution is -0.156. The predicted octanol–water partition coefficient (Wildman–Crippen LogP) is 1.74. The van der Waals surface area contributed by atoms with Crippen molar-refractivity contribution in [3.63, 3.8) is 0 Å². The number of nitrogens with zero attached hydrogens (tertiary/aromatic N) is 4. The number of aromatic nitrogens is 3. The van der Waals surface area contributed by atoms with Crippen LogP contribution in [0.4, 0.5) is 0 Å². The third-order valence-electron chi connectivity index (χ3n) is 5.31. The number of hydrogen-bond donors (Lipinski definition) is 1. The molecule has 0 aliphatic carbocycles. The Bertz CT molecular complexity index is 1060. The van der Waals surface area contributed by atoms with Gasteiger partial charge in [0.15, 0.2) is 5.60 Å². The van der Waals surface area contributed by atoms with E-state index in [0.29, 0.717) is 13.0 Å². The summed E-state index contributed by atoms with van der Waals surface area (Å²) in [6.07, 6.45) is 8.27. The van der Waals surface area contributed by atoms with Crippen LogP contribution in [-0.4, -0.2) is 64.0 Å². The quantitative estimate of drug-likeness (QED) is 0.679. The maximum atomic E-state index is 12.9. The maximum Gasteiger partial charge on any atom is 0.274 e. The van der Waals surface area contributed by atoms with E-state index in [0.717, 1.165) is 16.7 Å². The molecule has 1 atom stereocenters. The fourth-order valence-corrected chi connectivity index (χ4v) is 3.81. The Morgan fingerprint density at radius 2 is 1.94 bits per heavy atom. The number of likely N-dealkylation sites (N-methyl/N-ethyl adjacent to an activating group) is 1. The van der Waals surface area contributed by atoms with Gasteiger partial charge in [-0.05, 0) is 22.8 Å². The van der Waals surface area contributed by atoms with Crippen molar-refractivity contribution in [1.29, 1.82) is 0 Å². The molecule has 31 heavy (non-hydrogen) atoms. The van der Waals surface area contributed by atoms with Crippen molar-refractivity contribution in [3.05, 3.63) is 78.6 Å². The first kappa shape index (κ1) is 20.6. The molecule has 1 saturated heterocycles. The zero-order valence-corrected chi connectivity index (χ0v) is 17.2. The van der Waals surface area contributed by atoms with Gasteiger partial charge < -0.3 is 15.0 Å². The van der Waals surface area contributed by atoms with Gasteiger partial charge in [0.25, 0.3) is 11.8 Å². The maximum absolute atomic E-state index is 12.9. The Morgan fingerprint density at radius 1 is 1.10 bits per heavy atom. The summed E-state index contributed by atoms with van der Waals surface area (Å²) in [6.45, 7) is 0.755. The van der Waals surface area contributed by atoms with Crippen LogP contribution in [0, 0.1) is 0 Å². The van der Waals surface area contributed by atoms with Crippen LogP contribution in [0.2, 0.25) is 0 Å². The molecular formula is C23H23N5O3. The second-order valence-electron chi connectivity index (χ2n) is 7.36. The largest absolute Gasteiger partial charge is 0.361 e. The van der Waals surface area contributed by atoms with E-state index in [1.54, 1.807) is 24.3 Å². The van der Waals surface area contributed by atoms with E-state index >= 15 is 0 Å². The SMILES string of the molecule is CNC(=O)[C@@]1(Cc2cccc(-c3cccnc3)c2)CN(C(=O)c2cnccn2)CCO1. The fraction of sp³-hybridized carbons (Fsp3) is 0.261. The number of nitrogens with one attached hydrogen (secondary N) is 1. The summed E-state index contributed by atoms with van der Waals surface area (Å²) >= 11 is 0. The Morgan fingerprint density at radius 3 is 2.68 bits per heavy atom. The molecular weight excluding hydrogens is 394 g/mol. The average Bonchev–Trinajstić information content (AvgIpc) is 2.84. The normalized spacial score (nSPS) is 18.4. The Hall–Kier alpha value is -3.65. The second kappa shape index (κ2) is 9.01. The van der Waals surface area contributed by atoms with Crippen LogP contribution in [0.5, 0.6) is 0 Å². The molecule has 0 unspecified atom stereocenters. The number of benzene rings is 1. The second-order valence-corrected chi connectivity index (χ2v) is 7.36. The van der Waals surface area contributed by atoms with E-state index in [1.807, 2.05) is 36.4 Å². The van der Waals surface area contributed by atoms with Crippen LogP contribution in [0.25, 0.3) is 11.1 Å². The standard InChI is InChI=1S/C23H23N5O3/c1-24-22(30)23(13-17-4-2-5-18(12-17)19-6-3-7-25-14-19)16-28(10-11-31-23)21(29)20-15-26-8-9-27-20/h2-9,12,14-15H,10-11,13,16H2,1H3,(H,24,30)/t23-/m1/s1. The summed E-state index contributed by atoms with van der Waals surface area (Å²) in [5, 5.41) is 2.70. The third-order valence-corrected chi connectivity index (χ3v) is 5.31. The van der Waals surface area contributed by atoms with Gasteiger partial charge in [-0.3, -0.25) is 19.6 Å². The van der Waals surface area contributed by atoms with Crippen LogP contribution in [0.3, 0.4) is 0 Å². The van der Waals surface area contributed by atoms with Gasteiger partial charge in [0.2, 0.25) is 0 Å². The van der Waals surface area contributed by atoms with Gasteiger partial charge in [-0.15, -0.1) is 0 Å². The molecule has 8 nitrogen and oxygen atoms in total. The first-order valence-electron chi connectivity index (χ1n) is 10.0. The zero-order valence-electron chi connectivity index (χ0n) is 17.2. The Labute approximate surface area is 180 Å². The highest BCUT2D eigenvalue weighted by atomic mass is 16.5. The van der Waals surface area contributed by atoms with Gasteiger partial charge in [-0.2, -0.15) is 0 Å². The molecule has 2 aromatic heterocycles. The number of rotatable bonds is 5. The van der Waals surface area contributed by atoms with Crippen molar-refractivity contribution in [2.45, 2.75) is 12.0 Å². The summed E-state index contributed by atoms with van der Waals surface area (Å²) in [6, 6.07) is 11.8. The van der Waals surface area contributed by atoms with Crippen molar-refractivity contribution in [2.75, 3.05) is 26.7 Å². The van der Waals surface area contributed by atoms with Crippen LogP contribution in [0.15, 0.2) is 67.4 Å². The minimum Gasteiger partial charge on any atom is -0.361 e. The van der Waals surface area contributed by atoms with Crippen LogP contribution in [-0.2, 0) is 16.0 Å². The lowest BCUT2D eigenvalue weighted by atomic mass is 9.90. The smallest absolute Gasteiger partial charge is 0.274 e. The molecule has 1 N–H and O–H groups in total. The molecule has 0 radical (unpaired) electrons. The van der Waals surface area contributed by atoms with E-state index in [9.17, 15) is 9.59 Å². The van der Waals surface area contributed by atoms with E-state index in [2.05, 4.69) is 20.3 Å². The summed E-state index contributed by atoms with van der Waals surface area (Å²) < 4.78 is 6.03. The number of hydrogen-bond acceptors (Lipinski definition) is 6. The predicted molar refractivity (Wildman–Crippen MR) is 114 cm³/mol. The number of amides is 2. The minimum absolute atomic E-state index is 0.124.